The number of aromatic nitrogens is 1. The van der Waals surface area contributed by atoms with Crippen molar-refractivity contribution in [3.63, 3.8) is 0 Å². The first-order chi connectivity index (χ1) is 7.85. The SMILES string of the molecule is CCC(c1nc(CCl)cs1)N1CCOCC1. The molecular formula is C11H17ClN2OS. The molecule has 1 atom stereocenters. The van der Waals surface area contributed by atoms with E-state index in [9.17, 15) is 0 Å². The monoisotopic (exact) mass is 260 g/mol. The Morgan fingerprint density at radius 2 is 2.31 bits per heavy atom. The van der Waals surface area contributed by atoms with Gasteiger partial charge in [0.15, 0.2) is 0 Å². The molecule has 0 radical (unpaired) electrons. The minimum Gasteiger partial charge on any atom is -0.379 e. The topological polar surface area (TPSA) is 25.4 Å². The van der Waals surface area contributed by atoms with E-state index in [4.69, 9.17) is 16.3 Å². The van der Waals surface area contributed by atoms with Gasteiger partial charge in [-0.25, -0.2) is 4.98 Å². The lowest BCUT2D eigenvalue weighted by Crippen LogP contribution is -2.38. The molecule has 0 N–H and O–H groups in total. The molecule has 2 heterocycles. The first-order valence-corrected chi connectivity index (χ1v) is 7.08. The summed E-state index contributed by atoms with van der Waals surface area (Å²) in [5, 5.41) is 3.26. The van der Waals surface area contributed by atoms with Crippen molar-refractivity contribution in [3.05, 3.63) is 16.1 Å². The highest BCUT2D eigenvalue weighted by molar-refractivity contribution is 7.09. The second-order valence-electron chi connectivity index (χ2n) is 3.88. The molecule has 1 aromatic heterocycles. The molecule has 0 saturated carbocycles. The summed E-state index contributed by atoms with van der Waals surface area (Å²) in [5.41, 5.74) is 0.994. The lowest BCUT2D eigenvalue weighted by molar-refractivity contribution is 0.0152. The predicted molar refractivity (Wildman–Crippen MR) is 67.1 cm³/mol. The van der Waals surface area contributed by atoms with Crippen LogP contribution < -0.4 is 0 Å². The summed E-state index contributed by atoms with van der Waals surface area (Å²) in [6.07, 6.45) is 1.09. The van der Waals surface area contributed by atoms with Crippen LogP contribution in [0.4, 0.5) is 0 Å². The van der Waals surface area contributed by atoms with Crippen molar-refractivity contribution >= 4 is 22.9 Å². The van der Waals surface area contributed by atoms with Crippen LogP contribution in [0.1, 0.15) is 30.1 Å². The molecule has 1 saturated heterocycles. The van der Waals surface area contributed by atoms with Gasteiger partial charge in [-0.15, -0.1) is 22.9 Å². The maximum absolute atomic E-state index is 5.78. The molecule has 1 aromatic rings. The summed E-state index contributed by atoms with van der Waals surface area (Å²) in [6, 6.07) is 0.436. The number of hydrogen-bond donors (Lipinski definition) is 0. The van der Waals surface area contributed by atoms with Crippen LogP contribution >= 0.6 is 22.9 Å². The van der Waals surface area contributed by atoms with Gasteiger partial charge in [-0.2, -0.15) is 0 Å². The summed E-state index contributed by atoms with van der Waals surface area (Å²) in [5.74, 6) is 0.510. The zero-order chi connectivity index (χ0) is 11.4. The Balaban J connectivity index is 2.08. The standard InChI is InChI=1S/C11H17ClN2OS/c1-2-10(14-3-5-15-6-4-14)11-13-9(7-12)8-16-11/h8,10H,2-7H2,1H3. The van der Waals surface area contributed by atoms with Crippen LogP contribution in [0, 0.1) is 0 Å². The first kappa shape index (κ1) is 12.3. The second kappa shape index (κ2) is 5.96. The van der Waals surface area contributed by atoms with Crippen molar-refractivity contribution in [3.8, 4) is 0 Å². The van der Waals surface area contributed by atoms with Gasteiger partial charge in [0.05, 0.1) is 30.8 Å². The second-order valence-corrected chi connectivity index (χ2v) is 5.04. The van der Waals surface area contributed by atoms with Crippen LogP contribution in [0.15, 0.2) is 5.38 Å². The highest BCUT2D eigenvalue weighted by Gasteiger charge is 2.23. The number of ether oxygens (including phenoxy) is 1. The Hall–Kier alpha value is -0.160. The third-order valence-corrected chi connectivity index (χ3v) is 4.13. The van der Waals surface area contributed by atoms with E-state index in [1.807, 2.05) is 0 Å². The van der Waals surface area contributed by atoms with Crippen LogP contribution in [0.25, 0.3) is 0 Å². The number of hydrogen-bond acceptors (Lipinski definition) is 4. The lowest BCUT2D eigenvalue weighted by Gasteiger charge is -2.32. The number of alkyl halides is 1. The molecule has 1 aliphatic heterocycles. The molecule has 0 spiro atoms. The van der Waals surface area contributed by atoms with E-state index in [-0.39, 0.29) is 0 Å². The van der Waals surface area contributed by atoms with Crippen LogP contribution in [-0.4, -0.2) is 36.2 Å². The summed E-state index contributed by atoms with van der Waals surface area (Å²) in [7, 11) is 0. The summed E-state index contributed by atoms with van der Waals surface area (Å²) in [4.78, 5) is 7.04. The van der Waals surface area contributed by atoms with Gasteiger partial charge in [-0.05, 0) is 6.42 Å². The fourth-order valence-electron chi connectivity index (χ4n) is 2.02. The molecule has 1 unspecified atom stereocenters. The van der Waals surface area contributed by atoms with E-state index in [0.717, 1.165) is 38.4 Å². The van der Waals surface area contributed by atoms with Crippen LogP contribution in [-0.2, 0) is 10.6 Å². The van der Waals surface area contributed by atoms with Gasteiger partial charge in [0.1, 0.15) is 5.01 Å². The van der Waals surface area contributed by atoms with Crippen LogP contribution in [0.3, 0.4) is 0 Å². The Kier molecular flexibility index (Phi) is 4.58. The fraction of sp³-hybridized carbons (Fsp3) is 0.727. The average Bonchev–Trinajstić information content (AvgIpc) is 2.80. The number of thiazole rings is 1. The zero-order valence-electron chi connectivity index (χ0n) is 9.49. The van der Waals surface area contributed by atoms with Crippen molar-refractivity contribution < 1.29 is 4.74 Å². The van der Waals surface area contributed by atoms with Crippen molar-refractivity contribution in [1.29, 1.82) is 0 Å². The first-order valence-electron chi connectivity index (χ1n) is 5.67. The van der Waals surface area contributed by atoms with Crippen molar-refractivity contribution in [1.82, 2.24) is 9.88 Å². The van der Waals surface area contributed by atoms with E-state index in [1.54, 1.807) is 11.3 Å². The number of morpholine rings is 1. The lowest BCUT2D eigenvalue weighted by atomic mass is 10.2. The third-order valence-electron chi connectivity index (χ3n) is 2.86. The van der Waals surface area contributed by atoms with Gasteiger partial charge in [-0.1, -0.05) is 6.92 Å². The summed E-state index contributed by atoms with van der Waals surface area (Å²) in [6.45, 7) is 5.90. The highest BCUT2D eigenvalue weighted by atomic mass is 35.5. The minimum atomic E-state index is 0.436. The Morgan fingerprint density at radius 3 is 2.88 bits per heavy atom. The smallest absolute Gasteiger partial charge is 0.110 e. The largest absolute Gasteiger partial charge is 0.379 e. The van der Waals surface area contributed by atoms with E-state index in [0.29, 0.717) is 11.9 Å². The zero-order valence-corrected chi connectivity index (χ0v) is 11.1. The molecule has 1 fully saturated rings. The summed E-state index contributed by atoms with van der Waals surface area (Å²) >= 11 is 7.51. The molecule has 2 rings (SSSR count). The molecular weight excluding hydrogens is 244 g/mol. The third kappa shape index (κ3) is 2.74. The molecule has 0 aromatic carbocycles. The van der Waals surface area contributed by atoms with Crippen molar-refractivity contribution in [2.45, 2.75) is 25.3 Å². The average molecular weight is 261 g/mol. The molecule has 3 nitrogen and oxygen atoms in total. The number of halogens is 1. The van der Waals surface area contributed by atoms with Gasteiger partial charge in [-0.3, -0.25) is 4.90 Å². The van der Waals surface area contributed by atoms with Crippen LogP contribution in [0.5, 0.6) is 0 Å². The molecule has 0 amide bonds. The molecule has 90 valence electrons. The highest BCUT2D eigenvalue weighted by Crippen LogP contribution is 2.28. The molecule has 16 heavy (non-hydrogen) atoms. The maximum atomic E-state index is 5.78. The Morgan fingerprint density at radius 1 is 1.56 bits per heavy atom. The normalized spacial score (nSPS) is 19.9. The van der Waals surface area contributed by atoms with Gasteiger partial charge in [0.2, 0.25) is 0 Å². The Labute approximate surface area is 105 Å². The van der Waals surface area contributed by atoms with Crippen molar-refractivity contribution in [2.75, 3.05) is 26.3 Å². The molecule has 0 bridgehead atoms. The quantitative estimate of drug-likeness (QED) is 0.779. The van der Waals surface area contributed by atoms with Gasteiger partial charge in [0.25, 0.3) is 0 Å². The van der Waals surface area contributed by atoms with Gasteiger partial charge < -0.3 is 4.74 Å². The Bertz CT molecular complexity index is 326. The molecule has 5 heteroatoms. The minimum absolute atomic E-state index is 0.436. The van der Waals surface area contributed by atoms with E-state index in [2.05, 4.69) is 22.2 Å². The number of nitrogens with zero attached hydrogens (tertiary/aromatic N) is 2. The van der Waals surface area contributed by atoms with Gasteiger partial charge in [0, 0.05) is 18.5 Å². The van der Waals surface area contributed by atoms with E-state index >= 15 is 0 Å². The van der Waals surface area contributed by atoms with Gasteiger partial charge >= 0.3 is 0 Å². The molecule has 1 aliphatic rings. The maximum Gasteiger partial charge on any atom is 0.110 e. The summed E-state index contributed by atoms with van der Waals surface area (Å²) < 4.78 is 5.38. The van der Waals surface area contributed by atoms with E-state index < -0.39 is 0 Å². The fourth-order valence-corrected chi connectivity index (χ4v) is 3.28. The van der Waals surface area contributed by atoms with E-state index in [1.165, 1.54) is 5.01 Å². The predicted octanol–water partition coefficient (Wildman–Crippen LogP) is 2.67. The van der Waals surface area contributed by atoms with Crippen molar-refractivity contribution in [2.24, 2.45) is 0 Å². The van der Waals surface area contributed by atoms with Crippen LogP contribution in [0.2, 0.25) is 0 Å². The number of rotatable bonds is 4. The molecule has 0 aliphatic carbocycles.